The Morgan fingerprint density at radius 1 is 0.935 bits per heavy atom. The molecule has 0 aliphatic heterocycles. The van der Waals surface area contributed by atoms with E-state index >= 15 is 0 Å². The van der Waals surface area contributed by atoms with Crippen LogP contribution in [-0.4, -0.2) is 18.4 Å². The third kappa shape index (κ3) is 6.72. The van der Waals surface area contributed by atoms with Crippen molar-refractivity contribution in [2.75, 3.05) is 17.2 Å². The second kappa shape index (κ2) is 11.4. The summed E-state index contributed by atoms with van der Waals surface area (Å²) in [6.45, 7) is 2.83. The van der Waals surface area contributed by atoms with E-state index in [0.29, 0.717) is 23.5 Å². The first-order chi connectivity index (χ1) is 15.1. The zero-order chi connectivity index (χ0) is 22.1. The van der Waals surface area contributed by atoms with Crippen molar-refractivity contribution >= 4 is 39.1 Å². The fraction of sp³-hybridized carbons (Fsp3) is 0.250. The van der Waals surface area contributed by atoms with E-state index in [-0.39, 0.29) is 17.6 Å². The number of ether oxygens (including phenoxy) is 1. The van der Waals surface area contributed by atoms with Crippen LogP contribution < -0.4 is 15.4 Å². The van der Waals surface area contributed by atoms with Crippen LogP contribution >= 0.6 is 15.9 Å². The minimum Gasteiger partial charge on any atom is -0.492 e. The first-order valence-corrected chi connectivity index (χ1v) is 11.0. The van der Waals surface area contributed by atoms with E-state index in [1.807, 2.05) is 0 Å². The van der Waals surface area contributed by atoms with Crippen LogP contribution in [0.4, 0.5) is 11.4 Å². The molecular formula is C24H25BrN2O4. The highest BCUT2D eigenvalue weighted by Crippen LogP contribution is 2.27. The second-order valence-electron chi connectivity index (χ2n) is 7.02. The van der Waals surface area contributed by atoms with Gasteiger partial charge in [0.2, 0.25) is 0 Å². The summed E-state index contributed by atoms with van der Waals surface area (Å²) >= 11 is 3.48. The van der Waals surface area contributed by atoms with Gasteiger partial charge in [-0.1, -0.05) is 32.3 Å². The van der Waals surface area contributed by atoms with Gasteiger partial charge in [0.25, 0.3) is 11.8 Å². The number of benzene rings is 2. The van der Waals surface area contributed by atoms with Crippen molar-refractivity contribution in [3.05, 3.63) is 76.7 Å². The number of unbranched alkanes of at least 4 members (excludes halogenated alkanes) is 3. The van der Waals surface area contributed by atoms with Gasteiger partial charge in [-0.2, -0.15) is 0 Å². The van der Waals surface area contributed by atoms with Crippen LogP contribution in [0.2, 0.25) is 0 Å². The average molecular weight is 485 g/mol. The molecule has 162 valence electrons. The van der Waals surface area contributed by atoms with Crippen LogP contribution in [-0.2, 0) is 0 Å². The Morgan fingerprint density at radius 3 is 2.39 bits per heavy atom. The van der Waals surface area contributed by atoms with Crippen LogP contribution in [0.25, 0.3) is 0 Å². The average Bonchev–Trinajstić information content (AvgIpc) is 3.30. The molecule has 0 saturated carbocycles. The molecule has 2 aromatic carbocycles. The van der Waals surface area contributed by atoms with Crippen molar-refractivity contribution in [2.45, 2.75) is 32.6 Å². The predicted molar refractivity (Wildman–Crippen MR) is 125 cm³/mol. The Morgan fingerprint density at radius 2 is 1.71 bits per heavy atom. The van der Waals surface area contributed by atoms with Gasteiger partial charge >= 0.3 is 0 Å². The molecule has 3 aromatic rings. The fourth-order valence-corrected chi connectivity index (χ4v) is 3.44. The van der Waals surface area contributed by atoms with Gasteiger partial charge in [-0.3, -0.25) is 9.59 Å². The Kier molecular flexibility index (Phi) is 8.29. The molecule has 0 spiro atoms. The van der Waals surface area contributed by atoms with Crippen molar-refractivity contribution in [3.8, 4) is 5.75 Å². The molecule has 1 aromatic heterocycles. The molecule has 3 rings (SSSR count). The standard InChI is InChI=1S/C24H25BrN2O4/c1-2-3-4-5-13-30-21-12-11-17(15-20(21)25)23(28)26-18-8-6-9-19(16-18)27-24(29)22-10-7-14-31-22/h6-12,14-16H,2-5,13H2,1H3,(H,26,28)(H,27,29). The lowest BCUT2D eigenvalue weighted by molar-refractivity contribution is 0.0995. The lowest BCUT2D eigenvalue weighted by Crippen LogP contribution is -2.13. The third-order valence-corrected chi connectivity index (χ3v) is 5.19. The van der Waals surface area contributed by atoms with Gasteiger partial charge < -0.3 is 19.8 Å². The van der Waals surface area contributed by atoms with Crippen LogP contribution in [0.1, 0.15) is 53.5 Å². The lowest BCUT2D eigenvalue weighted by atomic mass is 10.2. The van der Waals surface area contributed by atoms with Gasteiger partial charge in [0.15, 0.2) is 5.76 Å². The Balaban J connectivity index is 1.58. The zero-order valence-electron chi connectivity index (χ0n) is 17.3. The summed E-state index contributed by atoms with van der Waals surface area (Å²) in [6.07, 6.45) is 5.99. The first-order valence-electron chi connectivity index (χ1n) is 10.3. The largest absolute Gasteiger partial charge is 0.492 e. The summed E-state index contributed by atoms with van der Waals surface area (Å²) in [4.78, 5) is 24.8. The van der Waals surface area contributed by atoms with E-state index in [0.717, 1.165) is 23.1 Å². The van der Waals surface area contributed by atoms with E-state index in [2.05, 4.69) is 33.5 Å². The van der Waals surface area contributed by atoms with E-state index in [4.69, 9.17) is 9.15 Å². The summed E-state index contributed by atoms with van der Waals surface area (Å²) < 4.78 is 11.6. The molecule has 2 amide bonds. The Hall–Kier alpha value is -3.06. The van der Waals surface area contributed by atoms with Gasteiger partial charge in [-0.15, -0.1) is 0 Å². The van der Waals surface area contributed by atoms with Crippen molar-refractivity contribution in [1.82, 2.24) is 0 Å². The molecule has 0 radical (unpaired) electrons. The second-order valence-corrected chi connectivity index (χ2v) is 7.88. The maximum absolute atomic E-state index is 12.7. The number of carbonyl (C=O) groups is 2. The molecule has 0 unspecified atom stereocenters. The maximum Gasteiger partial charge on any atom is 0.291 e. The highest BCUT2D eigenvalue weighted by molar-refractivity contribution is 9.10. The molecule has 0 atom stereocenters. The van der Waals surface area contributed by atoms with Crippen LogP contribution in [0.5, 0.6) is 5.75 Å². The van der Waals surface area contributed by atoms with Crippen molar-refractivity contribution in [3.63, 3.8) is 0 Å². The summed E-state index contributed by atoms with van der Waals surface area (Å²) in [6, 6.07) is 15.4. The molecular weight excluding hydrogens is 460 g/mol. The minimum absolute atomic E-state index is 0.215. The van der Waals surface area contributed by atoms with Crippen LogP contribution in [0.3, 0.4) is 0 Å². The van der Waals surface area contributed by atoms with Gasteiger partial charge in [0.05, 0.1) is 17.3 Å². The topological polar surface area (TPSA) is 80.6 Å². The number of nitrogens with one attached hydrogen (secondary N) is 2. The normalized spacial score (nSPS) is 10.5. The molecule has 2 N–H and O–H groups in total. The summed E-state index contributed by atoms with van der Waals surface area (Å²) in [5, 5.41) is 5.58. The molecule has 31 heavy (non-hydrogen) atoms. The smallest absolute Gasteiger partial charge is 0.291 e. The van der Waals surface area contributed by atoms with E-state index in [1.54, 1.807) is 54.6 Å². The van der Waals surface area contributed by atoms with Gasteiger partial charge in [0, 0.05) is 16.9 Å². The van der Waals surface area contributed by atoms with E-state index in [9.17, 15) is 9.59 Å². The highest BCUT2D eigenvalue weighted by atomic mass is 79.9. The van der Waals surface area contributed by atoms with Gasteiger partial charge in [-0.05, 0) is 70.9 Å². The van der Waals surface area contributed by atoms with E-state index < -0.39 is 0 Å². The number of carbonyl (C=O) groups excluding carboxylic acids is 2. The van der Waals surface area contributed by atoms with Crippen molar-refractivity contribution in [2.24, 2.45) is 0 Å². The van der Waals surface area contributed by atoms with Crippen LogP contribution in [0.15, 0.2) is 69.8 Å². The van der Waals surface area contributed by atoms with Crippen molar-refractivity contribution < 1.29 is 18.7 Å². The van der Waals surface area contributed by atoms with E-state index in [1.165, 1.54) is 19.1 Å². The summed E-state index contributed by atoms with van der Waals surface area (Å²) in [5.41, 5.74) is 1.61. The summed E-state index contributed by atoms with van der Waals surface area (Å²) in [5.74, 6) is 0.315. The Bertz CT molecular complexity index is 1020. The summed E-state index contributed by atoms with van der Waals surface area (Å²) in [7, 11) is 0. The molecule has 0 fully saturated rings. The lowest BCUT2D eigenvalue weighted by Gasteiger charge is -2.11. The molecule has 0 bridgehead atoms. The molecule has 1 heterocycles. The Labute approximate surface area is 190 Å². The van der Waals surface area contributed by atoms with Crippen molar-refractivity contribution in [1.29, 1.82) is 0 Å². The minimum atomic E-state index is -0.359. The fourth-order valence-electron chi connectivity index (χ4n) is 2.95. The molecule has 0 aliphatic rings. The maximum atomic E-state index is 12.7. The zero-order valence-corrected chi connectivity index (χ0v) is 18.9. The third-order valence-electron chi connectivity index (χ3n) is 4.57. The number of halogens is 1. The monoisotopic (exact) mass is 484 g/mol. The molecule has 6 nitrogen and oxygen atoms in total. The molecule has 0 saturated heterocycles. The number of furan rings is 1. The highest BCUT2D eigenvalue weighted by Gasteiger charge is 2.12. The van der Waals surface area contributed by atoms with Crippen LogP contribution in [0, 0.1) is 0 Å². The first kappa shape index (κ1) is 22.6. The quantitative estimate of drug-likeness (QED) is 0.321. The van der Waals surface area contributed by atoms with Gasteiger partial charge in [0.1, 0.15) is 5.75 Å². The molecule has 7 heteroatoms. The van der Waals surface area contributed by atoms with Gasteiger partial charge in [-0.25, -0.2) is 0 Å². The number of hydrogen-bond donors (Lipinski definition) is 2. The molecule has 0 aliphatic carbocycles. The predicted octanol–water partition coefficient (Wildman–Crippen LogP) is 6.51. The number of amides is 2. The number of hydrogen-bond acceptors (Lipinski definition) is 4. The number of anilines is 2. The SMILES string of the molecule is CCCCCCOc1ccc(C(=O)Nc2cccc(NC(=O)c3ccco3)c2)cc1Br. The number of rotatable bonds is 10.